The Labute approximate surface area is 106 Å². The summed E-state index contributed by atoms with van der Waals surface area (Å²) in [5, 5.41) is 0. The van der Waals surface area contributed by atoms with E-state index in [1.807, 2.05) is 0 Å². The van der Waals surface area contributed by atoms with Crippen molar-refractivity contribution in [2.45, 2.75) is 65.2 Å². The number of likely N-dealkylation sites (tertiary alicyclic amines) is 1. The number of hydrogen-bond donors (Lipinski definition) is 0. The lowest BCUT2D eigenvalue weighted by molar-refractivity contribution is -0.141. The van der Waals surface area contributed by atoms with E-state index in [2.05, 4.69) is 18.7 Å². The highest BCUT2D eigenvalue weighted by atomic mass is 16.2. The number of carbonyl (C=O) groups excluding carboxylic acids is 1. The number of amides is 1. The number of rotatable bonds is 1. The first kappa shape index (κ1) is 12.9. The summed E-state index contributed by atoms with van der Waals surface area (Å²) in [5.41, 5.74) is 0.224. The van der Waals surface area contributed by atoms with Gasteiger partial charge in [0.2, 0.25) is 5.91 Å². The van der Waals surface area contributed by atoms with E-state index in [1.54, 1.807) is 0 Å². The van der Waals surface area contributed by atoms with Crippen LogP contribution in [0.15, 0.2) is 0 Å². The molecule has 1 aliphatic carbocycles. The predicted molar refractivity (Wildman–Crippen MR) is 70.8 cm³/mol. The van der Waals surface area contributed by atoms with Gasteiger partial charge in [0.15, 0.2) is 0 Å². The van der Waals surface area contributed by atoms with Crippen LogP contribution in [-0.4, -0.2) is 23.9 Å². The zero-order valence-electron chi connectivity index (χ0n) is 11.5. The van der Waals surface area contributed by atoms with Gasteiger partial charge in [-0.15, -0.1) is 0 Å². The van der Waals surface area contributed by atoms with E-state index < -0.39 is 0 Å². The molecule has 1 amide bonds. The van der Waals surface area contributed by atoms with E-state index in [9.17, 15) is 4.79 Å². The maximum Gasteiger partial charge on any atom is 0.226 e. The van der Waals surface area contributed by atoms with Crippen molar-refractivity contribution in [1.82, 2.24) is 4.90 Å². The lowest BCUT2D eigenvalue weighted by Crippen LogP contribution is -2.44. The molecule has 0 aromatic carbocycles. The number of hydrogen-bond acceptors (Lipinski definition) is 1. The quantitative estimate of drug-likeness (QED) is 0.682. The third kappa shape index (κ3) is 3.02. The Hall–Kier alpha value is -0.530. The molecule has 1 atom stereocenters. The molecular weight excluding hydrogens is 210 g/mol. The van der Waals surface area contributed by atoms with Gasteiger partial charge in [0, 0.05) is 19.0 Å². The second-order valence-corrected chi connectivity index (χ2v) is 6.53. The lowest BCUT2D eigenvalue weighted by Gasteiger charge is -2.40. The monoisotopic (exact) mass is 237 g/mol. The minimum Gasteiger partial charge on any atom is -0.342 e. The first-order valence-electron chi connectivity index (χ1n) is 7.40. The molecule has 1 aliphatic heterocycles. The van der Waals surface area contributed by atoms with Crippen molar-refractivity contribution in [3.8, 4) is 0 Å². The molecule has 1 heterocycles. The second kappa shape index (κ2) is 5.41. The van der Waals surface area contributed by atoms with Crippen LogP contribution < -0.4 is 0 Å². The molecule has 1 saturated heterocycles. The summed E-state index contributed by atoms with van der Waals surface area (Å²) < 4.78 is 0. The van der Waals surface area contributed by atoms with Crippen LogP contribution in [0.25, 0.3) is 0 Å². The molecule has 1 saturated carbocycles. The molecule has 0 spiro atoms. The molecule has 2 heteroatoms. The van der Waals surface area contributed by atoms with Crippen molar-refractivity contribution in [2.75, 3.05) is 13.1 Å². The van der Waals surface area contributed by atoms with Crippen molar-refractivity contribution in [1.29, 1.82) is 0 Å². The van der Waals surface area contributed by atoms with Crippen LogP contribution in [0.4, 0.5) is 0 Å². The van der Waals surface area contributed by atoms with Crippen LogP contribution >= 0.6 is 0 Å². The van der Waals surface area contributed by atoms with Gasteiger partial charge in [0.1, 0.15) is 0 Å². The molecule has 2 aliphatic rings. The van der Waals surface area contributed by atoms with E-state index in [-0.39, 0.29) is 11.3 Å². The van der Waals surface area contributed by atoms with Crippen LogP contribution in [0.3, 0.4) is 0 Å². The maximum absolute atomic E-state index is 12.6. The van der Waals surface area contributed by atoms with Crippen molar-refractivity contribution in [3.63, 3.8) is 0 Å². The van der Waals surface area contributed by atoms with Gasteiger partial charge in [-0.25, -0.2) is 0 Å². The first-order chi connectivity index (χ1) is 8.11. The Kier molecular flexibility index (Phi) is 4.11. The van der Waals surface area contributed by atoms with Crippen molar-refractivity contribution in [3.05, 3.63) is 0 Å². The van der Waals surface area contributed by atoms with E-state index in [1.165, 1.54) is 44.9 Å². The fraction of sp³-hybridized carbons (Fsp3) is 0.933. The first-order valence-corrected chi connectivity index (χ1v) is 7.40. The van der Waals surface area contributed by atoms with E-state index in [0.29, 0.717) is 5.91 Å². The second-order valence-electron chi connectivity index (χ2n) is 6.53. The lowest BCUT2D eigenvalue weighted by atomic mass is 9.68. The van der Waals surface area contributed by atoms with E-state index in [4.69, 9.17) is 0 Å². The average Bonchev–Trinajstić information content (AvgIpc) is 2.56. The maximum atomic E-state index is 12.6. The predicted octanol–water partition coefficient (Wildman–Crippen LogP) is 3.61. The Balaban J connectivity index is 2.01. The van der Waals surface area contributed by atoms with Crippen molar-refractivity contribution < 1.29 is 4.79 Å². The number of nitrogens with zero attached hydrogens (tertiary/aromatic N) is 1. The van der Waals surface area contributed by atoms with Gasteiger partial charge in [-0.05, 0) is 31.1 Å². The fourth-order valence-corrected chi connectivity index (χ4v) is 3.46. The highest BCUT2D eigenvalue weighted by Crippen LogP contribution is 2.41. The van der Waals surface area contributed by atoms with Gasteiger partial charge in [-0.1, -0.05) is 39.5 Å². The summed E-state index contributed by atoms with van der Waals surface area (Å²) >= 11 is 0. The molecule has 2 fully saturated rings. The van der Waals surface area contributed by atoms with Crippen molar-refractivity contribution in [2.24, 2.45) is 11.3 Å². The van der Waals surface area contributed by atoms with Gasteiger partial charge in [-0.2, -0.15) is 0 Å². The van der Waals surface area contributed by atoms with Crippen molar-refractivity contribution >= 4 is 5.91 Å². The average molecular weight is 237 g/mol. The smallest absolute Gasteiger partial charge is 0.226 e. The zero-order valence-corrected chi connectivity index (χ0v) is 11.5. The van der Waals surface area contributed by atoms with Gasteiger partial charge >= 0.3 is 0 Å². The molecule has 17 heavy (non-hydrogen) atoms. The SMILES string of the molecule is CC1(C)CCCCC1C(=O)N1CCCCCC1. The third-order valence-electron chi connectivity index (χ3n) is 4.72. The summed E-state index contributed by atoms with van der Waals surface area (Å²) in [4.78, 5) is 14.8. The standard InChI is InChI=1S/C15H27NO/c1-15(2)10-6-5-9-13(15)14(17)16-11-7-3-4-8-12-16/h13H,3-12H2,1-2H3. The van der Waals surface area contributed by atoms with Crippen LogP contribution in [0, 0.1) is 11.3 Å². The minimum atomic E-state index is 0.224. The van der Waals surface area contributed by atoms with Gasteiger partial charge in [0.05, 0.1) is 0 Å². The zero-order chi connectivity index (χ0) is 12.3. The molecule has 0 aromatic rings. The summed E-state index contributed by atoms with van der Waals surface area (Å²) in [6.07, 6.45) is 9.90. The Morgan fingerprint density at radius 3 is 2.24 bits per heavy atom. The molecule has 1 unspecified atom stereocenters. The van der Waals surface area contributed by atoms with E-state index in [0.717, 1.165) is 19.5 Å². The third-order valence-corrected chi connectivity index (χ3v) is 4.72. The van der Waals surface area contributed by atoms with Crippen LogP contribution in [0.2, 0.25) is 0 Å². The molecule has 0 aromatic heterocycles. The summed E-state index contributed by atoms with van der Waals surface area (Å²) in [5.74, 6) is 0.742. The van der Waals surface area contributed by atoms with E-state index >= 15 is 0 Å². The topological polar surface area (TPSA) is 20.3 Å². The molecule has 98 valence electrons. The molecule has 0 bridgehead atoms. The summed E-state index contributed by atoms with van der Waals surface area (Å²) in [6, 6.07) is 0. The Bertz CT molecular complexity index is 264. The fourth-order valence-electron chi connectivity index (χ4n) is 3.46. The molecule has 0 N–H and O–H groups in total. The number of carbonyl (C=O) groups is 1. The Morgan fingerprint density at radius 2 is 1.65 bits per heavy atom. The largest absolute Gasteiger partial charge is 0.342 e. The molecular formula is C15H27NO. The normalized spacial score (nSPS) is 29.8. The molecule has 2 nitrogen and oxygen atoms in total. The summed E-state index contributed by atoms with van der Waals surface area (Å²) in [7, 11) is 0. The van der Waals surface area contributed by atoms with Gasteiger partial charge < -0.3 is 4.90 Å². The highest BCUT2D eigenvalue weighted by Gasteiger charge is 2.39. The van der Waals surface area contributed by atoms with Gasteiger partial charge in [-0.3, -0.25) is 4.79 Å². The van der Waals surface area contributed by atoms with Crippen LogP contribution in [0.1, 0.15) is 65.2 Å². The summed E-state index contributed by atoms with van der Waals surface area (Å²) in [6.45, 7) is 6.58. The van der Waals surface area contributed by atoms with Crippen LogP contribution in [-0.2, 0) is 4.79 Å². The molecule has 0 radical (unpaired) electrons. The minimum absolute atomic E-state index is 0.224. The highest BCUT2D eigenvalue weighted by molar-refractivity contribution is 5.79. The molecule has 2 rings (SSSR count). The van der Waals surface area contributed by atoms with Crippen LogP contribution in [0.5, 0.6) is 0 Å². The Morgan fingerprint density at radius 1 is 1.00 bits per heavy atom. The van der Waals surface area contributed by atoms with Gasteiger partial charge in [0.25, 0.3) is 0 Å².